The first-order valence-electron chi connectivity index (χ1n) is 2.54. The maximum atomic E-state index is 11.9. The van der Waals surface area contributed by atoms with Crippen LogP contribution in [0.15, 0.2) is 0 Å². The van der Waals surface area contributed by atoms with Crippen molar-refractivity contribution >= 4 is 0 Å². The van der Waals surface area contributed by atoms with Crippen molar-refractivity contribution in [2.24, 2.45) is 0 Å². The van der Waals surface area contributed by atoms with Crippen LogP contribution in [0.4, 0.5) is 13.4 Å². The molecule has 8 heavy (non-hydrogen) atoms. The Morgan fingerprint density at radius 1 is 1.38 bits per heavy atom. The second-order valence-electron chi connectivity index (χ2n) is 1.98. The van der Waals surface area contributed by atoms with Gasteiger partial charge in [0, 0.05) is 21.8 Å². The first-order valence-corrected chi connectivity index (χ1v) is 2.54. The van der Waals surface area contributed by atoms with Crippen molar-refractivity contribution in [2.45, 2.75) is 19.1 Å². The minimum Gasteiger partial charge on any atom is -0.178 e. The van der Waals surface area contributed by atoms with Crippen LogP contribution >= 0.6 is 0 Å². The minimum atomic E-state index is -2.43. The fourth-order valence-corrected chi connectivity index (χ4v) is 0.799. The van der Waals surface area contributed by atoms with Crippen LogP contribution in [0.3, 0.4) is 0 Å². The van der Waals surface area contributed by atoms with Crippen LogP contribution in [0, 0.1) is 0 Å². The summed E-state index contributed by atoms with van der Waals surface area (Å²) in [4.78, 5) is -2.43. The minimum absolute atomic E-state index is 0.00694. The molecule has 0 bridgehead atoms. The molecule has 4 heteroatoms. The summed E-state index contributed by atoms with van der Waals surface area (Å²) in [7, 11) is 0. The van der Waals surface area contributed by atoms with E-state index in [4.69, 9.17) is 0 Å². The van der Waals surface area contributed by atoms with Crippen LogP contribution in [0.1, 0.15) is 12.8 Å². The molecule has 0 N–H and O–H groups in total. The number of nitrogens with zero attached hydrogens (tertiary/aromatic N) is 1. The van der Waals surface area contributed by atoms with E-state index in [9.17, 15) is 13.4 Å². The molecule has 1 aliphatic rings. The van der Waals surface area contributed by atoms with Crippen LogP contribution in [0.5, 0.6) is 0 Å². The van der Waals surface area contributed by atoms with E-state index in [1.807, 2.05) is 0 Å². The van der Waals surface area contributed by atoms with Crippen LogP contribution in [0.25, 0.3) is 0 Å². The highest BCUT2D eigenvalue weighted by atomic mass is 19.4. The lowest BCUT2D eigenvalue weighted by Gasteiger charge is -2.06. The molecule has 1 aliphatic heterocycles. The predicted octanol–water partition coefficient (Wildman–Crippen LogP) is 1.66. The lowest BCUT2D eigenvalue weighted by atomic mass is 10.4. The zero-order valence-corrected chi connectivity index (χ0v) is 4.28. The Hall–Kier alpha value is -0.250. The fourth-order valence-electron chi connectivity index (χ4n) is 0.799. The molecule has 0 aromatic heterocycles. The average molecular weight is 126 g/mol. The summed E-state index contributed by atoms with van der Waals surface area (Å²) >= 11 is 0. The van der Waals surface area contributed by atoms with Gasteiger partial charge in [0.25, 0.3) is 0 Å². The van der Waals surface area contributed by atoms with Gasteiger partial charge in [-0.1, -0.05) is 0 Å². The zero-order chi connectivity index (χ0) is 6.20. The molecular weight excluding hydrogens is 119 g/mol. The monoisotopic (exact) mass is 126 g/mol. The number of alkyl halides is 1. The van der Waals surface area contributed by atoms with E-state index >= 15 is 0 Å². The summed E-state index contributed by atoms with van der Waals surface area (Å²) in [6.45, 7) is -0.332. The molecule has 1 saturated heterocycles. The van der Waals surface area contributed by atoms with Gasteiger partial charge in [-0.2, -0.15) is 4.39 Å². The summed E-state index contributed by atoms with van der Waals surface area (Å²) in [6, 6.07) is 0. The Kier molecular flexibility index (Phi) is 1.19. The van der Waals surface area contributed by atoms with Crippen molar-refractivity contribution in [1.29, 1.82) is 0 Å². The van der Waals surface area contributed by atoms with E-state index in [1.165, 1.54) is 0 Å². The zero-order valence-electron chi connectivity index (χ0n) is 4.28. The molecule has 1 atom stereocenters. The topological polar surface area (TPSA) is 0 Å². The Morgan fingerprint density at radius 3 is 2.12 bits per heavy atom. The molecular formula is C4H7F3N+. The highest BCUT2D eigenvalue weighted by Gasteiger charge is 2.46. The molecule has 1 nitrogen and oxygen atoms in total. The van der Waals surface area contributed by atoms with Gasteiger partial charge in [-0.15, -0.1) is 0 Å². The van der Waals surface area contributed by atoms with Crippen LogP contribution in [0.2, 0.25) is 0 Å². The molecule has 1 unspecified atom stereocenters. The van der Waals surface area contributed by atoms with E-state index in [2.05, 4.69) is 0 Å². The van der Waals surface area contributed by atoms with Crippen molar-refractivity contribution in [3.8, 4) is 0 Å². The number of hydrogen-bond donors (Lipinski definition) is 0. The van der Waals surface area contributed by atoms with Crippen LogP contribution < -0.4 is 0 Å². The average Bonchev–Trinajstić information content (AvgIpc) is 1.86. The molecule has 0 aromatic carbocycles. The third-order valence-electron chi connectivity index (χ3n) is 1.31. The summed E-state index contributed by atoms with van der Waals surface area (Å²) in [5.74, 6) is 0. The van der Waals surface area contributed by atoms with Gasteiger partial charge in [0.1, 0.15) is 0 Å². The maximum Gasteiger partial charge on any atom is 0.304 e. The van der Waals surface area contributed by atoms with Crippen LogP contribution in [-0.2, 0) is 0 Å². The molecule has 0 radical (unpaired) electrons. The van der Waals surface area contributed by atoms with Gasteiger partial charge in [-0.05, 0) is 0 Å². The second-order valence-corrected chi connectivity index (χ2v) is 1.98. The highest BCUT2D eigenvalue weighted by Crippen LogP contribution is 2.28. The Labute approximate surface area is 45.2 Å². The molecule has 0 aliphatic carbocycles. The van der Waals surface area contributed by atoms with Crippen LogP contribution in [-0.4, -0.2) is 17.8 Å². The first-order chi connectivity index (χ1) is 3.63. The van der Waals surface area contributed by atoms with Crippen molar-refractivity contribution < 1.29 is 18.3 Å². The Balaban J connectivity index is 2.54. The van der Waals surface area contributed by atoms with Crippen molar-refractivity contribution in [2.75, 3.05) is 6.54 Å². The highest BCUT2D eigenvalue weighted by molar-refractivity contribution is 4.48. The van der Waals surface area contributed by atoms with Gasteiger partial charge in [0.05, 0.1) is 4.93 Å². The standard InChI is InChI=1S/C4H7F3N/c5-4-2-1-3-8(4,6)7/h4H,1-3H2/q+1. The normalized spacial score (nSPS) is 35.6. The van der Waals surface area contributed by atoms with Gasteiger partial charge in [0.2, 0.25) is 0 Å². The summed E-state index contributed by atoms with van der Waals surface area (Å²) < 4.78 is 35.7. The molecule has 48 valence electrons. The smallest absolute Gasteiger partial charge is 0.178 e. The van der Waals surface area contributed by atoms with Crippen molar-refractivity contribution in [1.82, 2.24) is 0 Å². The van der Waals surface area contributed by atoms with E-state index in [1.54, 1.807) is 0 Å². The number of hydrogen-bond acceptors (Lipinski definition) is 0. The summed E-state index contributed by atoms with van der Waals surface area (Å²) in [5.41, 5.74) is 0. The van der Waals surface area contributed by atoms with Crippen molar-refractivity contribution in [3.05, 3.63) is 0 Å². The Morgan fingerprint density at radius 2 is 2.00 bits per heavy atom. The van der Waals surface area contributed by atoms with Gasteiger partial charge < -0.3 is 0 Å². The summed E-state index contributed by atoms with van der Waals surface area (Å²) in [6.07, 6.45) is -1.63. The number of rotatable bonds is 0. The van der Waals surface area contributed by atoms with E-state index < -0.39 is 11.2 Å². The van der Waals surface area contributed by atoms with Gasteiger partial charge >= 0.3 is 6.30 Å². The molecule has 1 rings (SSSR count). The molecule has 0 saturated carbocycles. The van der Waals surface area contributed by atoms with Gasteiger partial charge in [-0.3, -0.25) is 0 Å². The van der Waals surface area contributed by atoms with E-state index in [0.717, 1.165) is 0 Å². The molecule has 1 heterocycles. The number of quaternary nitrogens is 1. The fraction of sp³-hybridized carbons (Fsp3) is 1.00. The molecule has 1 fully saturated rings. The summed E-state index contributed by atoms with van der Waals surface area (Å²) in [5, 5.41) is 0. The van der Waals surface area contributed by atoms with Crippen molar-refractivity contribution in [3.63, 3.8) is 0 Å². The lowest BCUT2D eigenvalue weighted by molar-refractivity contribution is -1.19. The predicted molar refractivity (Wildman–Crippen MR) is 21.5 cm³/mol. The quantitative estimate of drug-likeness (QED) is 0.342. The SMILES string of the molecule is FC1CCC[N+]1(F)F. The molecule has 0 aromatic rings. The molecule has 0 spiro atoms. The largest absolute Gasteiger partial charge is 0.304 e. The third kappa shape index (κ3) is 0.798. The molecule has 0 amide bonds. The number of halogens is 3. The Bertz CT molecular complexity index is 93.3. The third-order valence-corrected chi connectivity index (χ3v) is 1.31. The lowest BCUT2D eigenvalue weighted by Crippen LogP contribution is -2.31. The van der Waals surface area contributed by atoms with Gasteiger partial charge in [0.15, 0.2) is 6.54 Å². The van der Waals surface area contributed by atoms with E-state index in [-0.39, 0.29) is 13.0 Å². The second kappa shape index (κ2) is 1.62. The van der Waals surface area contributed by atoms with Gasteiger partial charge in [-0.25, -0.2) is 0 Å². The first kappa shape index (κ1) is 5.88. The maximum absolute atomic E-state index is 11.9. The van der Waals surface area contributed by atoms with E-state index in [0.29, 0.717) is 6.42 Å².